The molecule has 3 rings (SSSR count). The van der Waals surface area contributed by atoms with E-state index >= 15 is 0 Å². The maximum atomic E-state index is 12.3. The summed E-state index contributed by atoms with van der Waals surface area (Å²) in [5, 5.41) is 2.87. The predicted octanol–water partition coefficient (Wildman–Crippen LogP) is 2.02. The van der Waals surface area contributed by atoms with Crippen molar-refractivity contribution in [3.8, 4) is 11.5 Å². The number of ether oxygens (including phenoxy) is 2. The molecule has 1 aliphatic rings. The summed E-state index contributed by atoms with van der Waals surface area (Å²) < 4.78 is 10.5. The zero-order chi connectivity index (χ0) is 18.5. The average Bonchev–Trinajstić information content (AvgIpc) is 2.97. The van der Waals surface area contributed by atoms with Crippen LogP contribution in [0.25, 0.3) is 0 Å². The lowest BCUT2D eigenvalue weighted by Crippen LogP contribution is -2.38. The van der Waals surface area contributed by atoms with E-state index in [1.54, 1.807) is 25.2 Å². The van der Waals surface area contributed by atoms with Crippen molar-refractivity contribution in [2.75, 3.05) is 27.3 Å². The fraction of sp³-hybridized carbons (Fsp3) is 0.300. The summed E-state index contributed by atoms with van der Waals surface area (Å²) in [5.74, 6) is 1.09. The number of nitrogens with zero attached hydrogens (tertiary/aromatic N) is 1. The van der Waals surface area contributed by atoms with Crippen molar-refractivity contribution < 1.29 is 19.1 Å². The lowest BCUT2D eigenvalue weighted by atomic mass is 10.1. The highest BCUT2D eigenvalue weighted by Crippen LogP contribution is 2.27. The number of methoxy groups -OCH3 is 2. The van der Waals surface area contributed by atoms with Gasteiger partial charge in [-0.1, -0.05) is 24.3 Å². The van der Waals surface area contributed by atoms with Gasteiger partial charge in [-0.15, -0.1) is 0 Å². The molecule has 0 radical (unpaired) electrons. The van der Waals surface area contributed by atoms with Crippen LogP contribution in [0, 0.1) is 0 Å². The largest absolute Gasteiger partial charge is 0.493 e. The zero-order valence-corrected chi connectivity index (χ0v) is 15.0. The van der Waals surface area contributed by atoms with Crippen LogP contribution in [0.4, 0.5) is 0 Å². The maximum absolute atomic E-state index is 12.3. The van der Waals surface area contributed by atoms with Gasteiger partial charge in [0.15, 0.2) is 11.5 Å². The molecule has 1 N–H and O–H groups in total. The molecule has 0 bridgehead atoms. The maximum Gasteiger partial charge on any atom is 0.254 e. The monoisotopic (exact) mass is 354 g/mol. The first-order valence-electron chi connectivity index (χ1n) is 8.47. The summed E-state index contributed by atoms with van der Waals surface area (Å²) in [6.45, 7) is 1.04. The Labute approximate surface area is 152 Å². The van der Waals surface area contributed by atoms with Gasteiger partial charge in [-0.2, -0.15) is 0 Å². The van der Waals surface area contributed by atoms with Crippen molar-refractivity contribution in [1.82, 2.24) is 10.2 Å². The zero-order valence-electron chi connectivity index (χ0n) is 15.0. The first-order chi connectivity index (χ1) is 12.6. The lowest BCUT2D eigenvalue weighted by Gasteiger charge is -2.15. The van der Waals surface area contributed by atoms with Crippen molar-refractivity contribution in [2.45, 2.75) is 13.0 Å². The normalized spacial score (nSPS) is 12.7. The van der Waals surface area contributed by atoms with Crippen LogP contribution in [0.2, 0.25) is 0 Å². The van der Waals surface area contributed by atoms with Gasteiger partial charge < -0.3 is 19.7 Å². The summed E-state index contributed by atoms with van der Waals surface area (Å²) in [5.41, 5.74) is 2.69. The van der Waals surface area contributed by atoms with Crippen molar-refractivity contribution in [1.29, 1.82) is 0 Å². The van der Waals surface area contributed by atoms with Gasteiger partial charge in [-0.3, -0.25) is 9.59 Å². The third-order valence-corrected chi connectivity index (χ3v) is 4.41. The fourth-order valence-corrected chi connectivity index (χ4v) is 3.05. The molecule has 0 atom stereocenters. The van der Waals surface area contributed by atoms with E-state index in [9.17, 15) is 9.59 Å². The van der Waals surface area contributed by atoms with Crippen molar-refractivity contribution in [2.24, 2.45) is 0 Å². The van der Waals surface area contributed by atoms with Crippen LogP contribution in [0.15, 0.2) is 42.5 Å². The van der Waals surface area contributed by atoms with E-state index in [0.717, 1.165) is 11.1 Å². The minimum atomic E-state index is -0.161. The number of amides is 2. The number of fused-ring (bicyclic) bond motifs is 1. The Morgan fingerprint density at radius 2 is 1.88 bits per heavy atom. The van der Waals surface area contributed by atoms with E-state index in [-0.39, 0.29) is 18.4 Å². The Hall–Kier alpha value is -3.02. The Balaban J connectivity index is 1.49. The Kier molecular flexibility index (Phi) is 5.41. The van der Waals surface area contributed by atoms with E-state index < -0.39 is 0 Å². The Morgan fingerprint density at radius 3 is 2.62 bits per heavy atom. The molecule has 0 unspecified atom stereocenters. The number of carbonyl (C=O) groups is 2. The van der Waals surface area contributed by atoms with Gasteiger partial charge >= 0.3 is 0 Å². The molecule has 1 heterocycles. The molecule has 0 saturated heterocycles. The highest BCUT2D eigenvalue weighted by atomic mass is 16.5. The molecule has 26 heavy (non-hydrogen) atoms. The van der Waals surface area contributed by atoms with Crippen LogP contribution in [0.5, 0.6) is 11.5 Å². The van der Waals surface area contributed by atoms with Gasteiger partial charge in [0.1, 0.15) is 6.54 Å². The van der Waals surface area contributed by atoms with E-state index in [0.29, 0.717) is 36.6 Å². The summed E-state index contributed by atoms with van der Waals surface area (Å²) in [4.78, 5) is 26.0. The smallest absolute Gasteiger partial charge is 0.254 e. The third kappa shape index (κ3) is 3.79. The number of hydrogen-bond acceptors (Lipinski definition) is 4. The molecule has 1 aliphatic heterocycles. The van der Waals surface area contributed by atoms with Crippen LogP contribution in [-0.2, 0) is 17.8 Å². The van der Waals surface area contributed by atoms with E-state index in [1.165, 1.54) is 0 Å². The number of benzene rings is 2. The number of rotatable bonds is 7. The number of carbonyl (C=O) groups excluding carboxylic acids is 2. The second-order valence-electron chi connectivity index (χ2n) is 6.11. The molecule has 2 aromatic carbocycles. The molecule has 2 amide bonds. The molecular weight excluding hydrogens is 332 g/mol. The summed E-state index contributed by atoms with van der Waals surface area (Å²) in [6, 6.07) is 13.1. The molecule has 136 valence electrons. The summed E-state index contributed by atoms with van der Waals surface area (Å²) in [7, 11) is 3.18. The van der Waals surface area contributed by atoms with Gasteiger partial charge in [0.25, 0.3) is 5.91 Å². The highest BCUT2D eigenvalue weighted by molar-refractivity contribution is 6.00. The predicted molar refractivity (Wildman–Crippen MR) is 97.4 cm³/mol. The molecule has 0 spiro atoms. The van der Waals surface area contributed by atoms with E-state index in [2.05, 4.69) is 5.32 Å². The molecule has 6 heteroatoms. The molecule has 6 nitrogen and oxygen atoms in total. The first-order valence-corrected chi connectivity index (χ1v) is 8.47. The molecule has 0 saturated carbocycles. The van der Waals surface area contributed by atoms with Crippen LogP contribution in [-0.4, -0.2) is 44.0 Å². The molecule has 0 aromatic heterocycles. The van der Waals surface area contributed by atoms with Crippen molar-refractivity contribution in [3.05, 3.63) is 59.2 Å². The average molecular weight is 354 g/mol. The topological polar surface area (TPSA) is 67.9 Å². The SMILES string of the molecule is COc1ccc(CCNC(=O)CN2Cc3ccccc3C2=O)cc1OC. The molecular formula is C20H22N2O4. The van der Waals surface area contributed by atoms with Gasteiger partial charge in [-0.05, 0) is 35.7 Å². The molecule has 2 aromatic rings. The minimum absolute atomic E-state index is 0.0689. The van der Waals surface area contributed by atoms with Crippen LogP contribution >= 0.6 is 0 Å². The van der Waals surface area contributed by atoms with Gasteiger partial charge in [-0.25, -0.2) is 0 Å². The van der Waals surface area contributed by atoms with Crippen molar-refractivity contribution in [3.63, 3.8) is 0 Å². The Morgan fingerprint density at radius 1 is 1.12 bits per heavy atom. The van der Waals surface area contributed by atoms with Gasteiger partial charge in [0.05, 0.1) is 14.2 Å². The number of hydrogen-bond donors (Lipinski definition) is 1. The summed E-state index contributed by atoms with van der Waals surface area (Å²) >= 11 is 0. The second-order valence-corrected chi connectivity index (χ2v) is 6.11. The fourth-order valence-electron chi connectivity index (χ4n) is 3.05. The Bertz CT molecular complexity index is 819. The van der Waals surface area contributed by atoms with Crippen LogP contribution in [0.1, 0.15) is 21.5 Å². The molecule has 0 aliphatic carbocycles. The quantitative estimate of drug-likeness (QED) is 0.826. The summed E-state index contributed by atoms with van der Waals surface area (Å²) in [6.07, 6.45) is 0.667. The van der Waals surface area contributed by atoms with Crippen LogP contribution in [0.3, 0.4) is 0 Å². The number of nitrogens with one attached hydrogen (secondary N) is 1. The van der Waals surface area contributed by atoms with E-state index in [4.69, 9.17) is 9.47 Å². The van der Waals surface area contributed by atoms with Crippen LogP contribution < -0.4 is 14.8 Å². The van der Waals surface area contributed by atoms with Crippen molar-refractivity contribution >= 4 is 11.8 Å². The lowest BCUT2D eigenvalue weighted by molar-refractivity contribution is -0.121. The van der Waals surface area contributed by atoms with E-state index in [1.807, 2.05) is 36.4 Å². The first kappa shape index (κ1) is 17.8. The second kappa shape index (κ2) is 7.91. The minimum Gasteiger partial charge on any atom is -0.493 e. The van der Waals surface area contributed by atoms with Gasteiger partial charge in [0, 0.05) is 18.7 Å². The molecule has 0 fully saturated rings. The third-order valence-electron chi connectivity index (χ3n) is 4.41. The standard InChI is InChI=1S/C20H22N2O4/c1-25-17-8-7-14(11-18(17)26-2)9-10-21-19(23)13-22-12-15-5-3-4-6-16(15)20(22)24/h3-8,11H,9-10,12-13H2,1-2H3,(H,21,23). The highest BCUT2D eigenvalue weighted by Gasteiger charge is 2.27. The van der Waals surface area contributed by atoms with Gasteiger partial charge in [0.2, 0.25) is 5.91 Å².